The SMILES string of the molecule is CCNC(=O)[C@H]1CCCN1S(=O)(=O)c1ccc(Cl)c(Cl)c1. The summed E-state index contributed by atoms with van der Waals surface area (Å²) >= 11 is 11.7. The molecule has 0 saturated carbocycles. The molecular formula is C13H16Cl2N2O3S. The van der Waals surface area contributed by atoms with Gasteiger partial charge in [-0.25, -0.2) is 8.42 Å². The summed E-state index contributed by atoms with van der Waals surface area (Å²) in [6.45, 7) is 2.59. The van der Waals surface area contributed by atoms with Gasteiger partial charge in [-0.15, -0.1) is 0 Å². The summed E-state index contributed by atoms with van der Waals surface area (Å²) in [5.74, 6) is -0.265. The minimum atomic E-state index is -3.76. The number of halogens is 2. The molecule has 2 rings (SSSR count). The number of likely N-dealkylation sites (N-methyl/N-ethyl adjacent to an activating group) is 1. The summed E-state index contributed by atoms with van der Waals surface area (Å²) in [6, 6.07) is 3.49. The van der Waals surface area contributed by atoms with Crippen molar-refractivity contribution in [3.8, 4) is 0 Å². The average molecular weight is 351 g/mol. The van der Waals surface area contributed by atoms with Crippen LogP contribution in [0.2, 0.25) is 10.0 Å². The smallest absolute Gasteiger partial charge is 0.243 e. The average Bonchev–Trinajstić information content (AvgIpc) is 2.92. The molecule has 0 aliphatic carbocycles. The molecule has 1 atom stereocenters. The highest BCUT2D eigenvalue weighted by Gasteiger charge is 2.39. The van der Waals surface area contributed by atoms with Gasteiger partial charge in [0.15, 0.2) is 0 Å². The van der Waals surface area contributed by atoms with Crippen LogP contribution < -0.4 is 5.32 Å². The molecule has 0 unspecified atom stereocenters. The second kappa shape index (κ2) is 6.52. The van der Waals surface area contributed by atoms with Crippen LogP contribution in [0.5, 0.6) is 0 Å². The quantitative estimate of drug-likeness (QED) is 0.905. The Kier molecular flexibility index (Phi) is 5.14. The van der Waals surface area contributed by atoms with E-state index in [0.717, 1.165) is 0 Å². The van der Waals surface area contributed by atoms with Gasteiger partial charge in [-0.3, -0.25) is 4.79 Å². The van der Waals surface area contributed by atoms with Gasteiger partial charge in [0, 0.05) is 13.1 Å². The van der Waals surface area contributed by atoms with Gasteiger partial charge in [-0.05, 0) is 38.0 Å². The fourth-order valence-electron chi connectivity index (χ4n) is 2.35. The van der Waals surface area contributed by atoms with Crippen molar-refractivity contribution in [1.82, 2.24) is 9.62 Å². The van der Waals surface area contributed by atoms with Crippen LogP contribution in [0, 0.1) is 0 Å². The van der Waals surface area contributed by atoms with Crippen molar-refractivity contribution < 1.29 is 13.2 Å². The molecule has 1 aliphatic heterocycles. The van der Waals surface area contributed by atoms with E-state index in [-0.39, 0.29) is 20.8 Å². The Morgan fingerprint density at radius 3 is 2.71 bits per heavy atom. The van der Waals surface area contributed by atoms with E-state index in [1.165, 1.54) is 22.5 Å². The standard InChI is InChI=1S/C13H16Cl2N2O3S/c1-2-16-13(18)12-4-3-7-17(12)21(19,20)9-5-6-10(14)11(15)8-9/h5-6,8,12H,2-4,7H2,1H3,(H,16,18)/t12-/m1/s1. The van der Waals surface area contributed by atoms with E-state index in [0.29, 0.717) is 25.9 Å². The number of amides is 1. The van der Waals surface area contributed by atoms with Gasteiger partial charge >= 0.3 is 0 Å². The molecule has 0 bridgehead atoms. The Balaban J connectivity index is 2.33. The first-order valence-corrected chi connectivity index (χ1v) is 8.82. The van der Waals surface area contributed by atoms with E-state index in [2.05, 4.69) is 5.32 Å². The number of carbonyl (C=O) groups is 1. The van der Waals surface area contributed by atoms with E-state index in [1.807, 2.05) is 0 Å². The van der Waals surface area contributed by atoms with Crippen LogP contribution in [-0.4, -0.2) is 37.8 Å². The van der Waals surface area contributed by atoms with Gasteiger partial charge < -0.3 is 5.32 Å². The maximum absolute atomic E-state index is 12.7. The van der Waals surface area contributed by atoms with Crippen molar-refractivity contribution in [1.29, 1.82) is 0 Å². The highest BCUT2D eigenvalue weighted by atomic mass is 35.5. The lowest BCUT2D eigenvalue weighted by atomic mass is 10.2. The Labute approximate surface area is 134 Å². The minimum absolute atomic E-state index is 0.0492. The highest BCUT2D eigenvalue weighted by molar-refractivity contribution is 7.89. The Hall–Kier alpha value is -0.820. The summed E-state index contributed by atoms with van der Waals surface area (Å²) < 4.78 is 26.6. The van der Waals surface area contributed by atoms with Gasteiger partial charge in [0.05, 0.1) is 14.9 Å². The number of hydrogen-bond acceptors (Lipinski definition) is 3. The lowest BCUT2D eigenvalue weighted by Gasteiger charge is -2.23. The normalized spacial score (nSPS) is 19.7. The van der Waals surface area contributed by atoms with Crippen molar-refractivity contribution in [2.24, 2.45) is 0 Å². The van der Waals surface area contributed by atoms with Crippen molar-refractivity contribution >= 4 is 39.1 Å². The highest BCUT2D eigenvalue weighted by Crippen LogP contribution is 2.30. The first-order valence-electron chi connectivity index (χ1n) is 6.62. The second-order valence-corrected chi connectivity index (χ2v) is 7.45. The van der Waals surface area contributed by atoms with Crippen molar-refractivity contribution in [3.05, 3.63) is 28.2 Å². The van der Waals surface area contributed by atoms with Gasteiger partial charge in [-0.1, -0.05) is 23.2 Å². The van der Waals surface area contributed by atoms with Gasteiger partial charge in [0.1, 0.15) is 6.04 Å². The van der Waals surface area contributed by atoms with Crippen molar-refractivity contribution in [3.63, 3.8) is 0 Å². The molecular weight excluding hydrogens is 335 g/mol. The molecule has 0 radical (unpaired) electrons. The minimum Gasteiger partial charge on any atom is -0.355 e. The van der Waals surface area contributed by atoms with E-state index >= 15 is 0 Å². The number of hydrogen-bond donors (Lipinski definition) is 1. The third kappa shape index (κ3) is 3.34. The lowest BCUT2D eigenvalue weighted by Crippen LogP contribution is -2.45. The van der Waals surface area contributed by atoms with Crippen LogP contribution in [0.3, 0.4) is 0 Å². The maximum Gasteiger partial charge on any atom is 0.243 e. The second-order valence-electron chi connectivity index (χ2n) is 4.74. The third-order valence-corrected chi connectivity index (χ3v) is 6.00. The molecule has 1 heterocycles. The van der Waals surface area contributed by atoms with Gasteiger partial charge in [-0.2, -0.15) is 4.31 Å². The number of benzene rings is 1. The van der Waals surface area contributed by atoms with Crippen LogP contribution >= 0.6 is 23.2 Å². The molecule has 1 aromatic carbocycles. The van der Waals surface area contributed by atoms with E-state index in [4.69, 9.17) is 23.2 Å². The third-order valence-electron chi connectivity index (χ3n) is 3.36. The Bertz CT molecular complexity index is 649. The summed E-state index contributed by atoms with van der Waals surface area (Å²) in [5.41, 5.74) is 0. The van der Waals surface area contributed by atoms with Crippen molar-refractivity contribution in [2.75, 3.05) is 13.1 Å². The molecule has 1 fully saturated rings. The molecule has 1 aliphatic rings. The molecule has 1 amide bonds. The molecule has 1 N–H and O–H groups in total. The van der Waals surface area contributed by atoms with Crippen LogP contribution in [0.25, 0.3) is 0 Å². The Morgan fingerprint density at radius 1 is 1.38 bits per heavy atom. The summed E-state index contributed by atoms with van der Waals surface area (Å²) in [7, 11) is -3.76. The Morgan fingerprint density at radius 2 is 2.10 bits per heavy atom. The zero-order chi connectivity index (χ0) is 15.6. The molecule has 1 saturated heterocycles. The molecule has 21 heavy (non-hydrogen) atoms. The number of nitrogens with zero attached hydrogens (tertiary/aromatic N) is 1. The van der Waals surface area contributed by atoms with Crippen LogP contribution in [-0.2, 0) is 14.8 Å². The van der Waals surface area contributed by atoms with Crippen LogP contribution in [0.4, 0.5) is 0 Å². The van der Waals surface area contributed by atoms with Gasteiger partial charge in [0.25, 0.3) is 0 Å². The first kappa shape index (κ1) is 16.5. The molecule has 0 aromatic heterocycles. The predicted octanol–water partition coefficient (Wildman–Crippen LogP) is 2.28. The predicted molar refractivity (Wildman–Crippen MR) is 82.1 cm³/mol. The van der Waals surface area contributed by atoms with Crippen LogP contribution in [0.15, 0.2) is 23.1 Å². The monoisotopic (exact) mass is 350 g/mol. The number of nitrogens with one attached hydrogen (secondary N) is 1. The first-order chi connectivity index (χ1) is 9.87. The van der Waals surface area contributed by atoms with Crippen molar-refractivity contribution in [2.45, 2.75) is 30.7 Å². The topological polar surface area (TPSA) is 66.5 Å². The zero-order valence-corrected chi connectivity index (χ0v) is 13.8. The zero-order valence-electron chi connectivity index (χ0n) is 11.5. The van der Waals surface area contributed by atoms with Crippen LogP contribution in [0.1, 0.15) is 19.8 Å². The molecule has 116 valence electrons. The van der Waals surface area contributed by atoms with Gasteiger partial charge in [0.2, 0.25) is 15.9 Å². The fourth-order valence-corrected chi connectivity index (χ4v) is 4.40. The lowest BCUT2D eigenvalue weighted by molar-refractivity contribution is -0.124. The van der Waals surface area contributed by atoms with E-state index < -0.39 is 16.1 Å². The summed E-state index contributed by atoms with van der Waals surface area (Å²) in [5, 5.41) is 3.13. The molecule has 8 heteroatoms. The number of rotatable bonds is 4. The fraction of sp³-hybridized carbons (Fsp3) is 0.462. The van der Waals surface area contributed by atoms with E-state index in [1.54, 1.807) is 6.92 Å². The molecule has 1 aromatic rings. The number of sulfonamides is 1. The van der Waals surface area contributed by atoms with E-state index in [9.17, 15) is 13.2 Å². The molecule has 5 nitrogen and oxygen atoms in total. The number of carbonyl (C=O) groups excluding carboxylic acids is 1. The summed E-state index contributed by atoms with van der Waals surface area (Å²) in [4.78, 5) is 12.0. The summed E-state index contributed by atoms with van der Waals surface area (Å²) in [6.07, 6.45) is 1.18. The maximum atomic E-state index is 12.7. The molecule has 0 spiro atoms. The largest absolute Gasteiger partial charge is 0.355 e.